The molecule has 2 N–H and O–H groups in total. The summed E-state index contributed by atoms with van der Waals surface area (Å²) in [6.07, 6.45) is 50.1. The highest BCUT2D eigenvalue weighted by Crippen LogP contribution is 2.38. The Hall–Kier alpha value is -1.54. The molecule has 0 aromatic heterocycles. The number of aliphatic hydroxyl groups excluding tert-OH is 1. The lowest BCUT2D eigenvalue weighted by Crippen LogP contribution is -2.45. The Bertz CT molecular complexity index is 1070. The fraction of sp³-hybridized carbons (Fsp3) is 0.812. The van der Waals surface area contributed by atoms with Crippen LogP contribution in [-0.4, -0.2) is 68.5 Å². The zero-order valence-electron chi connectivity index (χ0n) is 37.8. The Labute approximate surface area is 352 Å². The first-order valence-electron chi connectivity index (χ1n) is 23.5. The van der Waals surface area contributed by atoms with Gasteiger partial charge in [-0.1, -0.05) is 178 Å². The molecular weight excluding hydrogens is 732 g/mol. The second kappa shape index (κ2) is 39.9. The number of rotatable bonds is 42. The largest absolute Gasteiger partial charge is 0.756 e. The standard InChI is InChI=1S/C48H91N2O6P/c1-6-8-10-12-14-16-18-20-22-24-26-27-29-31-33-35-37-39-41-47(51)46(45-56-57(53,54)55-44-43-50(3,4)5)49-48(52)42-40-38-36-34-32-30-28-25-23-21-19-17-15-13-11-9-7-2/h15,17,21,23,31,33,39,41,46-47,51H,6-14,16,18-20,22,24-30,32,34-38,40,42-45H2,1-5H3,(H-,49,52,53,54)/b17-15-,23-21-,33-31+,41-39+. The number of unbranched alkanes of at least 4 members (excludes halogenated alkanes) is 23. The van der Waals surface area contributed by atoms with Gasteiger partial charge in [0.15, 0.2) is 0 Å². The van der Waals surface area contributed by atoms with Crippen molar-refractivity contribution in [1.82, 2.24) is 5.32 Å². The van der Waals surface area contributed by atoms with E-state index in [0.29, 0.717) is 17.4 Å². The molecule has 57 heavy (non-hydrogen) atoms. The monoisotopic (exact) mass is 823 g/mol. The van der Waals surface area contributed by atoms with Crippen LogP contribution in [0.1, 0.15) is 200 Å². The number of hydrogen-bond acceptors (Lipinski definition) is 6. The molecule has 9 heteroatoms. The second-order valence-corrected chi connectivity index (χ2v) is 18.5. The molecule has 0 aliphatic rings. The van der Waals surface area contributed by atoms with E-state index in [1.807, 2.05) is 27.2 Å². The van der Waals surface area contributed by atoms with Gasteiger partial charge in [-0.15, -0.1) is 0 Å². The van der Waals surface area contributed by atoms with Crippen molar-refractivity contribution in [3.63, 3.8) is 0 Å². The lowest BCUT2D eigenvalue weighted by atomic mass is 10.0. The third kappa shape index (κ3) is 42.4. The van der Waals surface area contributed by atoms with Crippen LogP contribution >= 0.6 is 7.82 Å². The number of allylic oxidation sites excluding steroid dienone is 7. The first-order chi connectivity index (χ1) is 27.5. The van der Waals surface area contributed by atoms with Crippen molar-refractivity contribution in [2.75, 3.05) is 40.9 Å². The van der Waals surface area contributed by atoms with Crippen molar-refractivity contribution in [3.05, 3.63) is 48.6 Å². The fourth-order valence-corrected chi connectivity index (χ4v) is 7.21. The van der Waals surface area contributed by atoms with E-state index >= 15 is 0 Å². The summed E-state index contributed by atoms with van der Waals surface area (Å²) in [6, 6.07) is -0.907. The van der Waals surface area contributed by atoms with Gasteiger partial charge < -0.3 is 28.8 Å². The number of nitrogens with zero attached hydrogens (tertiary/aromatic N) is 1. The molecular formula is C48H91N2O6P. The minimum Gasteiger partial charge on any atom is -0.756 e. The Morgan fingerprint density at radius 1 is 0.614 bits per heavy atom. The van der Waals surface area contributed by atoms with Crippen LogP contribution in [0.5, 0.6) is 0 Å². The molecule has 1 amide bonds. The molecule has 3 unspecified atom stereocenters. The van der Waals surface area contributed by atoms with Gasteiger partial charge in [-0.05, 0) is 64.2 Å². The molecule has 0 fully saturated rings. The lowest BCUT2D eigenvalue weighted by Gasteiger charge is -2.29. The summed E-state index contributed by atoms with van der Waals surface area (Å²) in [5.41, 5.74) is 0. The maximum atomic E-state index is 12.9. The Morgan fingerprint density at radius 2 is 1.04 bits per heavy atom. The number of carbonyl (C=O) groups is 1. The van der Waals surface area contributed by atoms with Crippen LogP contribution in [0.25, 0.3) is 0 Å². The number of carbonyl (C=O) groups excluding carboxylic acids is 1. The van der Waals surface area contributed by atoms with Crippen LogP contribution < -0.4 is 10.2 Å². The average Bonchev–Trinajstić information content (AvgIpc) is 3.16. The molecule has 0 rings (SSSR count). The number of phosphoric acid groups is 1. The molecule has 0 aliphatic carbocycles. The van der Waals surface area contributed by atoms with Gasteiger partial charge in [-0.3, -0.25) is 9.36 Å². The zero-order chi connectivity index (χ0) is 42.1. The highest BCUT2D eigenvalue weighted by Gasteiger charge is 2.23. The first-order valence-corrected chi connectivity index (χ1v) is 25.0. The number of nitrogens with one attached hydrogen (secondary N) is 1. The van der Waals surface area contributed by atoms with Crippen LogP contribution in [0.2, 0.25) is 0 Å². The van der Waals surface area contributed by atoms with Crippen molar-refractivity contribution < 1.29 is 32.9 Å². The Kier molecular flexibility index (Phi) is 38.8. The summed E-state index contributed by atoms with van der Waals surface area (Å²) >= 11 is 0. The van der Waals surface area contributed by atoms with Gasteiger partial charge in [0.1, 0.15) is 13.2 Å². The van der Waals surface area contributed by atoms with Gasteiger partial charge >= 0.3 is 0 Å². The van der Waals surface area contributed by atoms with Crippen molar-refractivity contribution in [2.45, 2.75) is 212 Å². The molecule has 0 aromatic carbocycles. The Balaban J connectivity index is 4.46. The van der Waals surface area contributed by atoms with E-state index in [-0.39, 0.29) is 12.5 Å². The number of amides is 1. The summed E-state index contributed by atoms with van der Waals surface area (Å²) in [7, 11) is 1.23. The van der Waals surface area contributed by atoms with Gasteiger partial charge in [0, 0.05) is 6.42 Å². The first kappa shape index (κ1) is 55.5. The zero-order valence-corrected chi connectivity index (χ0v) is 38.7. The third-order valence-corrected chi connectivity index (χ3v) is 11.2. The molecule has 334 valence electrons. The van der Waals surface area contributed by atoms with Crippen LogP contribution in [0.3, 0.4) is 0 Å². The normalized spacial score (nSPS) is 14.7. The molecule has 0 bridgehead atoms. The third-order valence-electron chi connectivity index (χ3n) is 10.3. The average molecular weight is 823 g/mol. The summed E-state index contributed by atoms with van der Waals surface area (Å²) in [6.45, 7) is 4.59. The van der Waals surface area contributed by atoms with E-state index in [2.05, 4.69) is 55.6 Å². The van der Waals surface area contributed by atoms with Crippen molar-refractivity contribution in [1.29, 1.82) is 0 Å². The summed E-state index contributed by atoms with van der Waals surface area (Å²) in [5, 5.41) is 13.8. The predicted molar refractivity (Wildman–Crippen MR) is 242 cm³/mol. The molecule has 0 radical (unpaired) electrons. The number of hydrogen-bond donors (Lipinski definition) is 2. The highest BCUT2D eigenvalue weighted by molar-refractivity contribution is 7.45. The molecule has 0 saturated carbocycles. The van der Waals surface area contributed by atoms with E-state index in [4.69, 9.17) is 9.05 Å². The smallest absolute Gasteiger partial charge is 0.268 e. The van der Waals surface area contributed by atoms with Gasteiger partial charge in [-0.2, -0.15) is 0 Å². The van der Waals surface area contributed by atoms with Crippen molar-refractivity contribution >= 4 is 13.7 Å². The van der Waals surface area contributed by atoms with E-state index in [1.165, 1.54) is 122 Å². The maximum Gasteiger partial charge on any atom is 0.268 e. The van der Waals surface area contributed by atoms with Gasteiger partial charge in [-0.25, -0.2) is 0 Å². The molecule has 0 heterocycles. The molecule has 3 atom stereocenters. The quantitative estimate of drug-likeness (QED) is 0.0275. The Morgan fingerprint density at radius 3 is 1.56 bits per heavy atom. The number of aliphatic hydroxyl groups is 1. The minimum atomic E-state index is -4.60. The summed E-state index contributed by atoms with van der Waals surface area (Å²) < 4.78 is 23.2. The number of quaternary nitrogens is 1. The number of likely N-dealkylation sites (N-methyl/N-ethyl adjacent to an activating group) is 1. The van der Waals surface area contributed by atoms with Crippen molar-refractivity contribution in [3.8, 4) is 0 Å². The van der Waals surface area contributed by atoms with Crippen molar-refractivity contribution in [2.24, 2.45) is 0 Å². The van der Waals surface area contributed by atoms with Gasteiger partial charge in [0.25, 0.3) is 7.82 Å². The van der Waals surface area contributed by atoms with Gasteiger partial charge in [0.05, 0.1) is 39.9 Å². The number of phosphoric ester groups is 1. The van der Waals surface area contributed by atoms with E-state index in [9.17, 15) is 19.4 Å². The maximum absolute atomic E-state index is 12.9. The molecule has 8 nitrogen and oxygen atoms in total. The topological polar surface area (TPSA) is 108 Å². The lowest BCUT2D eigenvalue weighted by molar-refractivity contribution is -0.870. The summed E-state index contributed by atoms with van der Waals surface area (Å²) in [4.78, 5) is 25.3. The van der Waals surface area contributed by atoms with E-state index < -0.39 is 26.6 Å². The summed E-state index contributed by atoms with van der Waals surface area (Å²) in [5.74, 6) is -0.217. The minimum absolute atomic E-state index is 0.00917. The van der Waals surface area contributed by atoms with E-state index in [0.717, 1.165) is 57.8 Å². The van der Waals surface area contributed by atoms with Crippen LogP contribution in [0, 0.1) is 0 Å². The fourth-order valence-electron chi connectivity index (χ4n) is 6.49. The van der Waals surface area contributed by atoms with E-state index in [1.54, 1.807) is 6.08 Å². The van der Waals surface area contributed by atoms with Crippen LogP contribution in [0.4, 0.5) is 0 Å². The second-order valence-electron chi connectivity index (χ2n) is 17.1. The predicted octanol–water partition coefficient (Wildman–Crippen LogP) is 12.6. The van der Waals surface area contributed by atoms with Gasteiger partial charge in [0.2, 0.25) is 5.91 Å². The highest BCUT2D eigenvalue weighted by atomic mass is 31.2. The van der Waals surface area contributed by atoms with Crippen LogP contribution in [0.15, 0.2) is 48.6 Å². The molecule has 0 aromatic rings. The SMILES string of the molecule is CCCCC/C=C\C/C=C\CCCCCCCCCC(=O)NC(COP(=O)([O-])OCC[N+](C)(C)C)C(O)/C=C/CC/C=C/CCCCCCCCCCCCCC. The molecule has 0 saturated heterocycles. The van der Waals surface area contributed by atoms with Crippen LogP contribution in [-0.2, 0) is 18.4 Å². The molecule has 0 spiro atoms. The molecule has 0 aliphatic heterocycles.